The zero-order valence-electron chi connectivity index (χ0n) is 12.4. The van der Waals surface area contributed by atoms with Crippen LogP contribution in [0.25, 0.3) is 0 Å². The number of likely N-dealkylation sites (tertiary alicyclic amines) is 1. The van der Waals surface area contributed by atoms with Gasteiger partial charge in [0.2, 0.25) is 0 Å². The Labute approximate surface area is 123 Å². The Kier molecular flexibility index (Phi) is 3.77. The van der Waals surface area contributed by atoms with Crippen LogP contribution in [0.2, 0.25) is 0 Å². The van der Waals surface area contributed by atoms with Crippen LogP contribution in [0.3, 0.4) is 0 Å². The molecule has 7 nitrogen and oxygen atoms in total. The van der Waals surface area contributed by atoms with Gasteiger partial charge < -0.3 is 9.63 Å². The Balaban J connectivity index is 1.73. The molecule has 7 heteroatoms. The lowest BCUT2D eigenvalue weighted by Gasteiger charge is -2.37. The molecule has 21 heavy (non-hydrogen) atoms. The molecule has 0 radical (unpaired) electrons. The standard InChI is InChI=1S/C14H21N5O2/c1-11(2)19-9-13(15-17-19)14(20)5-3-6-18(10-14)8-12-4-7-21-16-12/h4,7,9,11,20H,3,5-6,8,10H2,1-2H3/t14-/m0/s1. The molecule has 0 amide bonds. The molecule has 1 fully saturated rings. The maximum atomic E-state index is 10.9. The van der Waals surface area contributed by atoms with E-state index in [0.717, 1.165) is 18.7 Å². The largest absolute Gasteiger partial charge is 0.382 e. The van der Waals surface area contributed by atoms with Crippen LogP contribution >= 0.6 is 0 Å². The fourth-order valence-electron chi connectivity index (χ4n) is 2.76. The lowest BCUT2D eigenvalue weighted by atomic mass is 9.90. The fourth-order valence-corrected chi connectivity index (χ4v) is 2.76. The number of aromatic nitrogens is 4. The SMILES string of the molecule is CC(C)n1cc([C@]2(O)CCCN(Cc3ccon3)C2)nn1. The van der Waals surface area contributed by atoms with Crippen molar-refractivity contribution in [1.29, 1.82) is 0 Å². The molecule has 1 saturated heterocycles. The molecule has 1 atom stereocenters. The van der Waals surface area contributed by atoms with Crippen molar-refractivity contribution in [2.45, 2.75) is 44.9 Å². The summed E-state index contributed by atoms with van der Waals surface area (Å²) in [5.41, 5.74) is 0.598. The predicted octanol–water partition coefficient (Wildman–Crippen LogP) is 1.33. The first-order chi connectivity index (χ1) is 10.1. The van der Waals surface area contributed by atoms with E-state index >= 15 is 0 Å². The molecule has 3 heterocycles. The normalized spacial score (nSPS) is 23.8. The van der Waals surface area contributed by atoms with Crippen LogP contribution in [-0.4, -0.2) is 43.2 Å². The van der Waals surface area contributed by atoms with Gasteiger partial charge in [0.25, 0.3) is 0 Å². The maximum Gasteiger partial charge on any atom is 0.124 e. The summed E-state index contributed by atoms with van der Waals surface area (Å²) in [6.07, 6.45) is 5.05. The summed E-state index contributed by atoms with van der Waals surface area (Å²) in [6.45, 7) is 6.24. The second-order valence-electron chi connectivity index (χ2n) is 6.01. The van der Waals surface area contributed by atoms with Gasteiger partial charge in [0.15, 0.2) is 0 Å². The van der Waals surface area contributed by atoms with Crippen molar-refractivity contribution in [3.05, 3.63) is 29.9 Å². The smallest absolute Gasteiger partial charge is 0.124 e. The van der Waals surface area contributed by atoms with Gasteiger partial charge in [-0.3, -0.25) is 4.90 Å². The first-order valence-electron chi connectivity index (χ1n) is 7.33. The number of hydrogen-bond donors (Lipinski definition) is 1. The molecule has 0 aromatic carbocycles. The second kappa shape index (κ2) is 5.57. The lowest BCUT2D eigenvalue weighted by Crippen LogP contribution is -2.46. The van der Waals surface area contributed by atoms with Crippen molar-refractivity contribution in [2.75, 3.05) is 13.1 Å². The number of piperidine rings is 1. The summed E-state index contributed by atoms with van der Waals surface area (Å²) in [5, 5.41) is 23.1. The minimum absolute atomic E-state index is 0.240. The quantitative estimate of drug-likeness (QED) is 0.915. The Morgan fingerprint density at radius 3 is 3.00 bits per heavy atom. The molecule has 0 unspecified atom stereocenters. The van der Waals surface area contributed by atoms with Gasteiger partial charge in [-0.1, -0.05) is 10.4 Å². The Morgan fingerprint density at radius 1 is 1.48 bits per heavy atom. The Morgan fingerprint density at radius 2 is 2.33 bits per heavy atom. The van der Waals surface area contributed by atoms with Crippen LogP contribution in [0.1, 0.15) is 44.1 Å². The van der Waals surface area contributed by atoms with Gasteiger partial charge in [0.1, 0.15) is 17.6 Å². The molecule has 0 spiro atoms. The third-order valence-corrected chi connectivity index (χ3v) is 3.94. The van der Waals surface area contributed by atoms with Crippen LogP contribution < -0.4 is 0 Å². The van der Waals surface area contributed by atoms with E-state index in [0.29, 0.717) is 25.2 Å². The first-order valence-corrected chi connectivity index (χ1v) is 7.33. The van der Waals surface area contributed by atoms with Crippen LogP contribution in [0.4, 0.5) is 0 Å². The Hall–Kier alpha value is -1.73. The summed E-state index contributed by atoms with van der Waals surface area (Å²) >= 11 is 0. The first kappa shape index (κ1) is 14.2. The number of hydrogen-bond acceptors (Lipinski definition) is 6. The van der Waals surface area contributed by atoms with Crippen molar-refractivity contribution in [2.24, 2.45) is 0 Å². The van der Waals surface area contributed by atoms with Crippen molar-refractivity contribution >= 4 is 0 Å². The van der Waals surface area contributed by atoms with Gasteiger partial charge >= 0.3 is 0 Å². The summed E-state index contributed by atoms with van der Waals surface area (Å²) in [5.74, 6) is 0. The molecule has 2 aromatic rings. The third-order valence-electron chi connectivity index (χ3n) is 3.94. The van der Waals surface area contributed by atoms with E-state index in [1.165, 1.54) is 0 Å². The van der Waals surface area contributed by atoms with Crippen LogP contribution in [0.5, 0.6) is 0 Å². The van der Waals surface area contributed by atoms with Gasteiger partial charge in [-0.25, -0.2) is 4.68 Å². The highest BCUT2D eigenvalue weighted by atomic mass is 16.5. The molecular formula is C14H21N5O2. The van der Waals surface area contributed by atoms with Crippen molar-refractivity contribution in [1.82, 2.24) is 25.1 Å². The minimum Gasteiger partial charge on any atom is -0.382 e. The third kappa shape index (κ3) is 2.98. The molecule has 2 aromatic heterocycles. The van der Waals surface area contributed by atoms with E-state index in [-0.39, 0.29) is 6.04 Å². The predicted molar refractivity (Wildman–Crippen MR) is 75.3 cm³/mol. The molecule has 1 N–H and O–H groups in total. The molecule has 114 valence electrons. The van der Waals surface area contributed by atoms with Crippen LogP contribution in [0, 0.1) is 0 Å². The molecule has 0 bridgehead atoms. The zero-order chi connectivity index (χ0) is 14.9. The highest BCUT2D eigenvalue weighted by molar-refractivity contribution is 5.10. The van der Waals surface area contributed by atoms with E-state index in [1.54, 1.807) is 10.9 Å². The molecule has 3 rings (SSSR count). The molecule has 1 aliphatic rings. The molecule has 1 aliphatic heterocycles. The topological polar surface area (TPSA) is 80.2 Å². The number of rotatable bonds is 4. The number of aliphatic hydroxyl groups is 1. The van der Waals surface area contributed by atoms with Crippen LogP contribution in [-0.2, 0) is 12.1 Å². The minimum atomic E-state index is -0.935. The maximum absolute atomic E-state index is 10.9. The van der Waals surface area contributed by atoms with Crippen molar-refractivity contribution in [3.8, 4) is 0 Å². The van der Waals surface area contributed by atoms with Gasteiger partial charge in [-0.05, 0) is 33.2 Å². The summed E-state index contributed by atoms with van der Waals surface area (Å²) in [6, 6.07) is 2.09. The highest BCUT2D eigenvalue weighted by Crippen LogP contribution is 2.31. The summed E-state index contributed by atoms with van der Waals surface area (Å²) < 4.78 is 6.64. The van der Waals surface area contributed by atoms with E-state index < -0.39 is 5.60 Å². The average Bonchev–Trinajstić information content (AvgIpc) is 3.09. The van der Waals surface area contributed by atoms with Gasteiger partial charge in [0.05, 0.1) is 11.9 Å². The van der Waals surface area contributed by atoms with Gasteiger partial charge in [0, 0.05) is 25.2 Å². The monoisotopic (exact) mass is 291 g/mol. The second-order valence-corrected chi connectivity index (χ2v) is 6.01. The highest BCUT2D eigenvalue weighted by Gasteiger charge is 2.37. The van der Waals surface area contributed by atoms with Crippen LogP contribution in [0.15, 0.2) is 23.0 Å². The summed E-state index contributed by atoms with van der Waals surface area (Å²) in [7, 11) is 0. The number of β-amino-alcohol motifs (C(OH)–C–C–N with tert-alkyl or cyclic N) is 1. The van der Waals surface area contributed by atoms with Gasteiger partial charge in [-0.15, -0.1) is 5.10 Å². The number of nitrogens with zero attached hydrogens (tertiary/aromatic N) is 5. The fraction of sp³-hybridized carbons (Fsp3) is 0.643. The average molecular weight is 291 g/mol. The van der Waals surface area contributed by atoms with Crippen molar-refractivity contribution in [3.63, 3.8) is 0 Å². The summed E-state index contributed by atoms with van der Waals surface area (Å²) in [4.78, 5) is 2.18. The van der Waals surface area contributed by atoms with E-state index in [1.807, 2.05) is 26.1 Å². The molecule has 0 saturated carbocycles. The van der Waals surface area contributed by atoms with E-state index in [9.17, 15) is 5.11 Å². The van der Waals surface area contributed by atoms with E-state index in [4.69, 9.17) is 4.52 Å². The van der Waals surface area contributed by atoms with Gasteiger partial charge in [-0.2, -0.15) is 0 Å². The molecule has 0 aliphatic carbocycles. The van der Waals surface area contributed by atoms with Crippen molar-refractivity contribution < 1.29 is 9.63 Å². The zero-order valence-corrected chi connectivity index (χ0v) is 12.4. The molecular weight excluding hydrogens is 270 g/mol. The Bertz CT molecular complexity index is 580. The van der Waals surface area contributed by atoms with E-state index in [2.05, 4.69) is 20.4 Å². The lowest BCUT2D eigenvalue weighted by molar-refractivity contribution is -0.0419.